The smallest absolute Gasteiger partial charge is 0.125 e. The Morgan fingerprint density at radius 1 is 1.25 bits per heavy atom. The molecule has 0 radical (unpaired) electrons. The molecule has 1 aliphatic heterocycles. The summed E-state index contributed by atoms with van der Waals surface area (Å²) in [6.07, 6.45) is 3.89. The molecule has 0 spiro atoms. The Balaban J connectivity index is 1.52. The summed E-state index contributed by atoms with van der Waals surface area (Å²) < 4.78 is 5.93. The van der Waals surface area contributed by atoms with Crippen LogP contribution in [-0.4, -0.2) is 26.2 Å². The molecule has 1 saturated heterocycles. The molecule has 2 N–H and O–H groups in total. The Labute approximate surface area is 126 Å². The van der Waals surface area contributed by atoms with Gasteiger partial charge in [-0.3, -0.25) is 0 Å². The Morgan fingerprint density at radius 3 is 2.90 bits per heavy atom. The van der Waals surface area contributed by atoms with Crippen LogP contribution in [0.15, 0.2) is 18.2 Å². The molecule has 1 atom stereocenters. The summed E-state index contributed by atoms with van der Waals surface area (Å²) in [6.45, 7) is 5.05. The van der Waals surface area contributed by atoms with Crippen LogP contribution in [0.2, 0.25) is 5.02 Å². The molecule has 2 aliphatic rings. The van der Waals surface area contributed by atoms with Crippen LogP contribution in [0, 0.1) is 11.8 Å². The van der Waals surface area contributed by atoms with Gasteiger partial charge in [-0.15, -0.1) is 0 Å². The number of hydrogen-bond acceptors (Lipinski definition) is 3. The van der Waals surface area contributed by atoms with Crippen molar-refractivity contribution >= 4 is 11.6 Å². The maximum Gasteiger partial charge on any atom is 0.125 e. The van der Waals surface area contributed by atoms with Gasteiger partial charge in [-0.1, -0.05) is 17.7 Å². The minimum absolute atomic E-state index is 0.750. The highest BCUT2D eigenvalue weighted by atomic mass is 35.5. The maximum absolute atomic E-state index is 6.08. The molecule has 0 unspecified atom stereocenters. The van der Waals surface area contributed by atoms with Crippen molar-refractivity contribution in [2.24, 2.45) is 11.8 Å². The summed E-state index contributed by atoms with van der Waals surface area (Å²) in [4.78, 5) is 0. The van der Waals surface area contributed by atoms with Crippen LogP contribution in [0.3, 0.4) is 0 Å². The van der Waals surface area contributed by atoms with Gasteiger partial charge in [0.15, 0.2) is 0 Å². The van der Waals surface area contributed by atoms with Crippen molar-refractivity contribution in [3.8, 4) is 5.75 Å². The fourth-order valence-electron chi connectivity index (χ4n) is 2.60. The minimum atomic E-state index is 0.750. The molecule has 4 heteroatoms. The van der Waals surface area contributed by atoms with E-state index in [1.54, 1.807) is 0 Å². The second kappa shape index (κ2) is 6.79. The molecular formula is C16H23ClN2O. The van der Waals surface area contributed by atoms with Crippen molar-refractivity contribution in [2.75, 3.05) is 26.2 Å². The molecule has 1 aliphatic carbocycles. The third kappa shape index (κ3) is 4.11. The lowest BCUT2D eigenvalue weighted by Crippen LogP contribution is -2.24. The van der Waals surface area contributed by atoms with Crippen LogP contribution in [0.4, 0.5) is 0 Å². The highest BCUT2D eigenvalue weighted by Gasteiger charge is 2.22. The Hall–Kier alpha value is -0.770. The zero-order valence-corrected chi connectivity index (χ0v) is 12.6. The molecule has 0 amide bonds. The fraction of sp³-hybridized carbons (Fsp3) is 0.625. The zero-order chi connectivity index (χ0) is 13.8. The average Bonchev–Trinajstić information content (AvgIpc) is 3.13. The molecule has 1 saturated carbocycles. The van der Waals surface area contributed by atoms with Crippen molar-refractivity contribution in [3.05, 3.63) is 28.8 Å². The van der Waals surface area contributed by atoms with E-state index >= 15 is 0 Å². The third-order valence-electron chi connectivity index (χ3n) is 4.11. The van der Waals surface area contributed by atoms with E-state index in [-0.39, 0.29) is 0 Å². The summed E-state index contributed by atoms with van der Waals surface area (Å²) >= 11 is 6.08. The number of nitrogens with one attached hydrogen (secondary N) is 2. The molecule has 1 heterocycles. The standard InChI is InChI=1S/C16H23ClN2O/c17-15-4-3-14(10-19-9-13-5-6-18-8-13)16(7-15)20-11-12-1-2-12/h3-4,7,12-13,18-19H,1-2,5-6,8-11H2/t13-/m0/s1. The van der Waals surface area contributed by atoms with Crippen LogP contribution in [0.5, 0.6) is 5.75 Å². The van der Waals surface area contributed by atoms with Crippen molar-refractivity contribution in [3.63, 3.8) is 0 Å². The lowest BCUT2D eigenvalue weighted by Gasteiger charge is -2.14. The molecule has 0 aromatic heterocycles. The normalized spacial score (nSPS) is 22.1. The number of halogens is 1. The van der Waals surface area contributed by atoms with Gasteiger partial charge in [0.25, 0.3) is 0 Å². The molecular weight excluding hydrogens is 272 g/mol. The molecule has 3 nitrogen and oxygen atoms in total. The summed E-state index contributed by atoms with van der Waals surface area (Å²) in [5, 5.41) is 7.69. The van der Waals surface area contributed by atoms with Crippen molar-refractivity contribution < 1.29 is 4.74 Å². The van der Waals surface area contributed by atoms with Gasteiger partial charge in [-0.25, -0.2) is 0 Å². The SMILES string of the molecule is Clc1ccc(CNC[C@H]2CCNC2)c(OCC2CC2)c1. The fourth-order valence-corrected chi connectivity index (χ4v) is 2.76. The zero-order valence-electron chi connectivity index (χ0n) is 11.8. The van der Waals surface area contributed by atoms with E-state index in [0.717, 1.165) is 55.4 Å². The van der Waals surface area contributed by atoms with Gasteiger partial charge in [-0.05, 0) is 62.9 Å². The second-order valence-corrected chi connectivity index (χ2v) is 6.43. The van der Waals surface area contributed by atoms with Crippen molar-refractivity contribution in [1.82, 2.24) is 10.6 Å². The van der Waals surface area contributed by atoms with Gasteiger partial charge in [0.05, 0.1) is 6.61 Å². The van der Waals surface area contributed by atoms with Gasteiger partial charge in [0.1, 0.15) is 5.75 Å². The van der Waals surface area contributed by atoms with Crippen LogP contribution in [-0.2, 0) is 6.54 Å². The van der Waals surface area contributed by atoms with Crippen molar-refractivity contribution in [1.29, 1.82) is 0 Å². The van der Waals surface area contributed by atoms with E-state index in [2.05, 4.69) is 16.7 Å². The van der Waals surface area contributed by atoms with Gasteiger partial charge in [0.2, 0.25) is 0 Å². The first-order valence-corrected chi connectivity index (χ1v) is 8.02. The monoisotopic (exact) mass is 294 g/mol. The molecule has 2 fully saturated rings. The number of ether oxygens (including phenoxy) is 1. The van der Waals surface area contributed by atoms with Crippen LogP contribution < -0.4 is 15.4 Å². The minimum Gasteiger partial charge on any atom is -0.493 e. The van der Waals surface area contributed by atoms with E-state index in [1.807, 2.05) is 12.1 Å². The van der Waals surface area contributed by atoms with E-state index in [0.29, 0.717) is 0 Å². The van der Waals surface area contributed by atoms with E-state index in [4.69, 9.17) is 16.3 Å². The number of hydrogen-bond donors (Lipinski definition) is 2. The third-order valence-corrected chi connectivity index (χ3v) is 4.35. The summed E-state index contributed by atoms with van der Waals surface area (Å²) in [5.74, 6) is 2.47. The first-order chi connectivity index (χ1) is 9.81. The molecule has 1 aromatic carbocycles. The molecule has 110 valence electrons. The Kier molecular flexibility index (Phi) is 4.81. The van der Waals surface area contributed by atoms with Gasteiger partial charge in [0, 0.05) is 17.1 Å². The largest absolute Gasteiger partial charge is 0.493 e. The quantitative estimate of drug-likeness (QED) is 0.811. The first-order valence-electron chi connectivity index (χ1n) is 7.64. The van der Waals surface area contributed by atoms with E-state index in [1.165, 1.54) is 24.8 Å². The summed E-state index contributed by atoms with van der Waals surface area (Å²) in [5.41, 5.74) is 1.21. The Morgan fingerprint density at radius 2 is 2.15 bits per heavy atom. The van der Waals surface area contributed by atoms with Crippen LogP contribution in [0.1, 0.15) is 24.8 Å². The predicted octanol–water partition coefficient (Wildman–Crippen LogP) is 2.83. The van der Waals surface area contributed by atoms with E-state index < -0.39 is 0 Å². The summed E-state index contributed by atoms with van der Waals surface area (Å²) in [6, 6.07) is 5.96. The lowest BCUT2D eigenvalue weighted by atomic mass is 10.1. The molecule has 20 heavy (non-hydrogen) atoms. The molecule has 0 bridgehead atoms. The number of benzene rings is 1. The summed E-state index contributed by atoms with van der Waals surface area (Å²) in [7, 11) is 0. The van der Waals surface area contributed by atoms with Crippen LogP contribution in [0.25, 0.3) is 0 Å². The predicted molar refractivity (Wildman–Crippen MR) is 82.4 cm³/mol. The highest BCUT2D eigenvalue weighted by molar-refractivity contribution is 6.30. The maximum atomic E-state index is 6.08. The first kappa shape index (κ1) is 14.2. The average molecular weight is 295 g/mol. The van der Waals surface area contributed by atoms with Crippen molar-refractivity contribution in [2.45, 2.75) is 25.8 Å². The second-order valence-electron chi connectivity index (χ2n) is 6.00. The van der Waals surface area contributed by atoms with E-state index in [9.17, 15) is 0 Å². The van der Waals surface area contributed by atoms with Crippen LogP contribution >= 0.6 is 11.6 Å². The van der Waals surface area contributed by atoms with Gasteiger partial charge in [-0.2, -0.15) is 0 Å². The number of rotatable bonds is 7. The van der Waals surface area contributed by atoms with Gasteiger partial charge < -0.3 is 15.4 Å². The molecule has 1 aromatic rings. The highest BCUT2D eigenvalue weighted by Crippen LogP contribution is 2.31. The van der Waals surface area contributed by atoms with Gasteiger partial charge >= 0.3 is 0 Å². The Bertz CT molecular complexity index is 442. The molecule has 3 rings (SSSR count). The lowest BCUT2D eigenvalue weighted by molar-refractivity contribution is 0.296. The topological polar surface area (TPSA) is 33.3 Å².